The van der Waals surface area contributed by atoms with E-state index in [2.05, 4.69) is 33.1 Å². The Hall–Kier alpha value is -8.50. The lowest BCUT2D eigenvalue weighted by Crippen LogP contribution is -2.60. The molecule has 1 aliphatic heterocycles. The number of hydrogen-bond donors (Lipinski definition) is 9. The quantitative estimate of drug-likeness (QED) is 0.0155. The van der Waals surface area contributed by atoms with E-state index in [1.807, 2.05) is 53.1 Å². The molecule has 9 N–H and O–H groups in total. The van der Waals surface area contributed by atoms with E-state index in [4.69, 9.17) is 33.5 Å². The van der Waals surface area contributed by atoms with Crippen LogP contribution in [0.25, 0.3) is 22.2 Å². The molecule has 5 amide bonds. The number of carbonyl (C=O) groups is 8. The molecule has 534 valence electrons. The second kappa shape index (κ2) is 36.4. The summed E-state index contributed by atoms with van der Waals surface area (Å²) in [4.78, 5) is 110. The molecule has 31 heteroatoms. The number of aliphatic carboxylic acids is 1. The number of aliphatic hydroxyl groups is 4. The van der Waals surface area contributed by atoms with Gasteiger partial charge in [-0.3, -0.25) is 33.3 Å². The lowest BCUT2D eigenvalue weighted by molar-refractivity contribution is -0.277. The molecule has 2 aliphatic rings. The van der Waals surface area contributed by atoms with Crippen LogP contribution in [-0.4, -0.2) is 227 Å². The first-order chi connectivity index (χ1) is 46.6. The highest BCUT2D eigenvalue weighted by molar-refractivity contribution is 7.85. The van der Waals surface area contributed by atoms with Gasteiger partial charge >= 0.3 is 18.2 Å². The van der Waals surface area contributed by atoms with Crippen LogP contribution in [-0.2, 0) is 82.3 Å². The van der Waals surface area contributed by atoms with Crippen molar-refractivity contribution >= 4 is 74.3 Å². The molecule has 3 aromatic carbocycles. The molecule has 8 atom stereocenters. The van der Waals surface area contributed by atoms with Gasteiger partial charge < -0.3 is 79.4 Å². The van der Waals surface area contributed by atoms with Crippen molar-refractivity contribution in [3.8, 4) is 16.9 Å². The predicted molar refractivity (Wildman–Crippen MR) is 352 cm³/mol. The number of amides is 5. The molecule has 0 radical (unpaired) electrons. The van der Waals surface area contributed by atoms with E-state index in [9.17, 15) is 71.8 Å². The predicted octanol–water partition coefficient (Wildman–Crippen LogP) is 3.64. The third-order valence-electron chi connectivity index (χ3n) is 16.7. The number of hydrogen-bond acceptors (Lipinski definition) is 22. The Bertz CT molecular complexity index is 3650. The Balaban J connectivity index is 0.820. The third kappa shape index (κ3) is 21.7. The minimum absolute atomic E-state index is 0.0143. The van der Waals surface area contributed by atoms with Gasteiger partial charge in [0.25, 0.3) is 10.1 Å². The number of nitrogens with one attached hydrogen (secondary N) is 3. The summed E-state index contributed by atoms with van der Waals surface area (Å²) < 4.78 is 69.5. The fraction of sp³-hybridized carbons (Fsp3) is 0.507. The average Bonchev–Trinajstić information content (AvgIpc) is 1.60. The Morgan fingerprint density at radius 3 is 2.11 bits per heavy atom. The number of benzene rings is 3. The topological polar surface area (TPSA) is 411 Å². The molecular formula is C67H88N8O22S. The number of aliphatic hydroxyl groups excluding tert-OH is 4. The van der Waals surface area contributed by atoms with Crippen molar-refractivity contribution in [2.45, 2.75) is 122 Å². The van der Waals surface area contributed by atoms with E-state index in [1.54, 1.807) is 45.2 Å². The number of carboxylic acid groups (broad SMARTS) is 1. The summed E-state index contributed by atoms with van der Waals surface area (Å²) in [6, 6.07) is 24.7. The lowest BCUT2D eigenvalue weighted by Gasteiger charge is -2.39. The molecule has 5 aromatic rings. The van der Waals surface area contributed by atoms with Crippen molar-refractivity contribution in [3.63, 3.8) is 0 Å². The van der Waals surface area contributed by atoms with Gasteiger partial charge in [0.2, 0.25) is 24.0 Å². The molecule has 7 rings (SSSR count). The van der Waals surface area contributed by atoms with Gasteiger partial charge in [-0.15, -0.1) is 0 Å². The van der Waals surface area contributed by atoms with Crippen LogP contribution in [0, 0.1) is 17.8 Å². The SMILES string of the molecule is CC(C)[C@H](NC(=O)CCOCCOCCNC(=O)[C@@H](CC(=O)CCn1c(CN(C)N(C)C(=O)OCC2c3ccccc3-c3ccccc32)cc2cccnc21)CS(=O)(=O)O)C(=O)C[C@@H](C)C(=O)Nc1ccc(COC(=O)N(C)CCCC(=O)O)cc1O[C@@H]1O[C@H](CO)[C@H](O)[C@H](O)[C@H]1O. The first-order valence-electron chi connectivity index (χ1n) is 32.1. The Morgan fingerprint density at radius 1 is 0.765 bits per heavy atom. The number of carbonyl (C=O) groups excluding carboxylic acids is 7. The van der Waals surface area contributed by atoms with Crippen molar-refractivity contribution < 1.29 is 105 Å². The summed E-state index contributed by atoms with van der Waals surface area (Å²) in [7, 11) is 0.0203. The number of nitrogens with zero attached hydrogens (tertiary/aromatic N) is 5. The first kappa shape index (κ1) is 76.9. The summed E-state index contributed by atoms with van der Waals surface area (Å²) in [6.07, 6.45) is -9.26. The van der Waals surface area contributed by atoms with Crippen molar-refractivity contribution in [2.24, 2.45) is 17.8 Å². The highest BCUT2D eigenvalue weighted by Gasteiger charge is 2.45. The van der Waals surface area contributed by atoms with Gasteiger partial charge in [0.05, 0.1) is 63.0 Å². The highest BCUT2D eigenvalue weighted by Crippen LogP contribution is 2.44. The normalized spacial score (nSPS) is 17.7. The number of anilines is 1. The Labute approximate surface area is 567 Å². The van der Waals surface area contributed by atoms with E-state index in [1.165, 1.54) is 42.1 Å². The Morgan fingerprint density at radius 2 is 1.45 bits per heavy atom. The summed E-state index contributed by atoms with van der Waals surface area (Å²) >= 11 is 0. The number of hydrazine groups is 1. The van der Waals surface area contributed by atoms with Gasteiger partial charge in [0.1, 0.15) is 54.8 Å². The van der Waals surface area contributed by atoms with Crippen LogP contribution >= 0.6 is 0 Å². The van der Waals surface area contributed by atoms with Crippen LogP contribution in [0.1, 0.15) is 87.6 Å². The molecule has 0 unspecified atom stereocenters. The van der Waals surface area contributed by atoms with Crippen molar-refractivity contribution in [1.29, 1.82) is 0 Å². The minimum Gasteiger partial charge on any atom is -0.481 e. The van der Waals surface area contributed by atoms with Crippen LogP contribution in [0.4, 0.5) is 15.3 Å². The lowest BCUT2D eigenvalue weighted by atomic mass is 9.92. The van der Waals surface area contributed by atoms with Gasteiger partial charge in [0, 0.05) is 102 Å². The monoisotopic (exact) mass is 1390 g/mol. The van der Waals surface area contributed by atoms with Crippen LogP contribution in [0.3, 0.4) is 0 Å². The molecule has 98 heavy (non-hydrogen) atoms. The van der Waals surface area contributed by atoms with E-state index in [0.29, 0.717) is 16.9 Å². The molecule has 0 bridgehead atoms. The smallest absolute Gasteiger partial charge is 0.424 e. The molecule has 2 aromatic heterocycles. The molecule has 0 saturated carbocycles. The number of carboxylic acids is 1. The zero-order valence-corrected chi connectivity index (χ0v) is 56.3. The molecule has 1 aliphatic carbocycles. The second-order valence-electron chi connectivity index (χ2n) is 24.5. The summed E-state index contributed by atoms with van der Waals surface area (Å²) in [6.45, 7) is 4.09. The van der Waals surface area contributed by atoms with E-state index >= 15 is 0 Å². The maximum absolute atomic E-state index is 13.7. The number of aromatic nitrogens is 2. The molecular weight excluding hydrogens is 1300 g/mol. The van der Waals surface area contributed by atoms with Crippen LogP contribution in [0.15, 0.2) is 91.1 Å². The first-order valence-corrected chi connectivity index (χ1v) is 33.7. The van der Waals surface area contributed by atoms with E-state index in [0.717, 1.165) is 27.6 Å². The average molecular weight is 1390 g/mol. The van der Waals surface area contributed by atoms with Gasteiger partial charge in [-0.2, -0.15) is 8.42 Å². The summed E-state index contributed by atoms with van der Waals surface area (Å²) in [5.74, 6) is -8.13. The zero-order valence-electron chi connectivity index (χ0n) is 55.5. The maximum Gasteiger partial charge on any atom is 0.424 e. The number of rotatable bonds is 38. The highest BCUT2D eigenvalue weighted by atomic mass is 32.2. The molecule has 1 fully saturated rings. The molecule has 30 nitrogen and oxygen atoms in total. The fourth-order valence-corrected chi connectivity index (χ4v) is 12.0. The second-order valence-corrected chi connectivity index (χ2v) is 26.0. The maximum atomic E-state index is 13.7. The van der Waals surface area contributed by atoms with Gasteiger partial charge in [-0.05, 0) is 70.5 Å². The summed E-state index contributed by atoms with van der Waals surface area (Å²) in [5.41, 5.74) is 5.90. The van der Waals surface area contributed by atoms with Crippen LogP contribution in [0.2, 0.25) is 0 Å². The number of pyridine rings is 1. The number of ketones is 2. The van der Waals surface area contributed by atoms with Crippen LogP contribution in [0.5, 0.6) is 5.75 Å². The largest absolute Gasteiger partial charge is 0.481 e. The van der Waals surface area contributed by atoms with Gasteiger partial charge in [-0.25, -0.2) is 24.6 Å². The fourth-order valence-electron chi connectivity index (χ4n) is 11.3. The van der Waals surface area contributed by atoms with Crippen LogP contribution < -0.4 is 20.7 Å². The number of Topliss-reactive ketones (excluding diaryl/α,β-unsaturated/α-hetero) is 2. The third-order valence-corrected chi connectivity index (χ3v) is 17.6. The van der Waals surface area contributed by atoms with E-state index in [-0.39, 0.29) is 115 Å². The molecule has 0 spiro atoms. The molecule has 3 heterocycles. The number of ether oxygens (including phenoxy) is 6. The Kier molecular flexibility index (Phi) is 28.5. The van der Waals surface area contributed by atoms with Crippen molar-refractivity contribution in [1.82, 2.24) is 35.1 Å². The number of fused-ring (bicyclic) bond motifs is 4. The molecule has 1 saturated heterocycles. The van der Waals surface area contributed by atoms with Gasteiger partial charge in [-0.1, -0.05) is 75.4 Å². The number of aryl methyl sites for hydroxylation is 1. The van der Waals surface area contributed by atoms with E-state index < -0.39 is 131 Å². The standard InChI is InChI=1S/C67H88N8O22S/c1-40(2)58(53(78)31-41(3)63(85)70-52-20-19-42(37-94-66(87)72(4)25-12-18-57(80)81)32-54(52)96-65-61(84)60(83)59(82)55(36-76)97-65)71-56(79)22-27-92-29-30-93-28-24-69-64(86)44(39-98(89,90)91)34-46(77)21-26-75-45(33-43-13-11-23-68-62(43)75)35-73(5)74(6)67(88)95-38-51-49-16-9-7-14-47(49)48-15-8-10-17-50(48)51/h7-11,13-17,19-20,23,32-33,40-41,44,51,55,58-61,65,76,82-84H,12,18,21-22,24-31,34-39H2,1-6H3,(H,69,86)(H,70,85)(H,71,79)(H,80,81)(H,89,90,91)/t41-,44+,55-,58+,59+,60+,61-,65-/m1/s1. The van der Waals surface area contributed by atoms with Gasteiger partial charge in [0.15, 0.2) is 5.78 Å². The van der Waals surface area contributed by atoms with Crippen molar-refractivity contribution in [2.75, 3.05) is 84.9 Å². The van der Waals surface area contributed by atoms with Crippen molar-refractivity contribution in [3.05, 3.63) is 114 Å². The minimum atomic E-state index is -4.71. The summed E-state index contributed by atoms with van der Waals surface area (Å²) in [5, 5.41) is 61.8. The zero-order chi connectivity index (χ0) is 71.4.